The number of benzene rings is 2. The first-order chi connectivity index (χ1) is 11.5. The highest BCUT2D eigenvalue weighted by molar-refractivity contribution is 6.13. The van der Waals surface area contributed by atoms with Crippen LogP contribution in [-0.2, 0) is 14.3 Å². The van der Waals surface area contributed by atoms with Crippen molar-refractivity contribution in [2.24, 2.45) is 4.99 Å². The van der Waals surface area contributed by atoms with Crippen molar-refractivity contribution in [3.8, 4) is 5.75 Å². The van der Waals surface area contributed by atoms with Crippen LogP contribution in [0.1, 0.15) is 23.6 Å². The summed E-state index contributed by atoms with van der Waals surface area (Å²) in [4.78, 5) is 27.5. The highest BCUT2D eigenvalue weighted by Gasteiger charge is 2.24. The van der Waals surface area contributed by atoms with Crippen molar-refractivity contribution in [3.63, 3.8) is 0 Å². The van der Waals surface area contributed by atoms with Crippen LogP contribution in [-0.4, -0.2) is 17.8 Å². The molecule has 0 unspecified atom stereocenters. The quantitative estimate of drug-likeness (QED) is 0.494. The summed E-state index contributed by atoms with van der Waals surface area (Å²) in [7, 11) is 0. The summed E-state index contributed by atoms with van der Waals surface area (Å²) in [5.41, 5.74) is 2.52. The number of carbonyl (C=O) groups is 2. The van der Waals surface area contributed by atoms with Gasteiger partial charge in [-0.05, 0) is 31.2 Å². The monoisotopic (exact) mass is 321 g/mol. The van der Waals surface area contributed by atoms with Gasteiger partial charge in [0.05, 0.1) is 0 Å². The Balaban J connectivity index is 1.96. The van der Waals surface area contributed by atoms with Crippen LogP contribution < -0.4 is 4.74 Å². The topological polar surface area (TPSA) is 65.0 Å². The number of aryl methyl sites for hydroxylation is 1. The first kappa shape index (κ1) is 15.7. The van der Waals surface area contributed by atoms with E-state index < -0.39 is 11.9 Å². The molecule has 0 saturated carbocycles. The zero-order valence-corrected chi connectivity index (χ0v) is 13.3. The van der Waals surface area contributed by atoms with E-state index in [1.807, 2.05) is 31.2 Å². The number of rotatable bonds is 3. The van der Waals surface area contributed by atoms with Crippen LogP contribution in [0.15, 0.2) is 59.2 Å². The molecule has 1 aliphatic rings. The molecule has 24 heavy (non-hydrogen) atoms. The van der Waals surface area contributed by atoms with E-state index in [1.54, 1.807) is 30.3 Å². The number of ether oxygens (including phenoxy) is 2. The number of hydrogen-bond acceptors (Lipinski definition) is 5. The number of cyclic esters (lactones) is 1. The zero-order chi connectivity index (χ0) is 17.1. The normalized spacial score (nSPS) is 15.2. The van der Waals surface area contributed by atoms with E-state index in [1.165, 1.54) is 6.92 Å². The molecule has 0 radical (unpaired) electrons. The molecule has 0 fully saturated rings. The second-order valence-electron chi connectivity index (χ2n) is 5.34. The second-order valence-corrected chi connectivity index (χ2v) is 5.34. The van der Waals surface area contributed by atoms with Crippen LogP contribution in [0.2, 0.25) is 0 Å². The van der Waals surface area contributed by atoms with Crippen molar-refractivity contribution in [2.75, 3.05) is 0 Å². The van der Waals surface area contributed by atoms with Gasteiger partial charge in [-0.2, -0.15) is 0 Å². The van der Waals surface area contributed by atoms with Crippen LogP contribution >= 0.6 is 0 Å². The molecule has 1 heterocycles. The van der Waals surface area contributed by atoms with Crippen molar-refractivity contribution in [1.82, 2.24) is 0 Å². The van der Waals surface area contributed by atoms with E-state index in [4.69, 9.17) is 9.47 Å². The number of para-hydroxylation sites is 1. The van der Waals surface area contributed by atoms with Crippen LogP contribution in [0, 0.1) is 6.92 Å². The lowest BCUT2D eigenvalue weighted by atomic mass is 10.1. The van der Waals surface area contributed by atoms with Gasteiger partial charge in [0.2, 0.25) is 5.90 Å². The Morgan fingerprint density at radius 1 is 1.17 bits per heavy atom. The maximum atomic E-state index is 12.1. The Morgan fingerprint density at radius 3 is 2.71 bits per heavy atom. The number of carbonyl (C=O) groups excluding carboxylic acids is 2. The molecule has 0 aromatic heterocycles. The highest BCUT2D eigenvalue weighted by Crippen LogP contribution is 2.25. The predicted octanol–water partition coefficient (Wildman–Crippen LogP) is 3.26. The van der Waals surface area contributed by atoms with E-state index >= 15 is 0 Å². The predicted molar refractivity (Wildman–Crippen MR) is 89.5 cm³/mol. The van der Waals surface area contributed by atoms with E-state index in [0.717, 1.165) is 11.1 Å². The Kier molecular flexibility index (Phi) is 4.24. The maximum absolute atomic E-state index is 12.1. The van der Waals surface area contributed by atoms with Gasteiger partial charge in [-0.15, -0.1) is 0 Å². The summed E-state index contributed by atoms with van der Waals surface area (Å²) in [5.74, 6) is -0.340. The Labute approximate surface area is 139 Å². The standard InChI is InChI=1S/C19H15NO4/c1-12-6-5-8-15(10-12)18-20-16(19(22)24-18)11-14-7-3-4-9-17(14)23-13(2)21/h3-11H,1-2H3. The van der Waals surface area contributed by atoms with Gasteiger partial charge in [0.15, 0.2) is 5.70 Å². The lowest BCUT2D eigenvalue weighted by Gasteiger charge is -2.04. The summed E-state index contributed by atoms with van der Waals surface area (Å²) in [6, 6.07) is 14.5. The van der Waals surface area contributed by atoms with Gasteiger partial charge >= 0.3 is 11.9 Å². The van der Waals surface area contributed by atoms with Gasteiger partial charge in [0, 0.05) is 18.1 Å². The lowest BCUT2D eigenvalue weighted by molar-refractivity contribution is -0.132. The molecule has 3 rings (SSSR count). The Morgan fingerprint density at radius 2 is 1.96 bits per heavy atom. The van der Waals surface area contributed by atoms with Crippen LogP contribution in [0.25, 0.3) is 6.08 Å². The van der Waals surface area contributed by atoms with Gasteiger partial charge < -0.3 is 9.47 Å². The first-order valence-corrected chi connectivity index (χ1v) is 7.40. The molecule has 0 saturated heterocycles. The summed E-state index contributed by atoms with van der Waals surface area (Å²) in [5, 5.41) is 0. The molecule has 5 nitrogen and oxygen atoms in total. The molecule has 2 aromatic rings. The molecular formula is C19H15NO4. The minimum absolute atomic E-state index is 0.158. The molecule has 1 aliphatic heterocycles. The number of nitrogens with zero attached hydrogens (tertiary/aromatic N) is 1. The van der Waals surface area contributed by atoms with Crippen molar-refractivity contribution in [2.45, 2.75) is 13.8 Å². The molecular weight excluding hydrogens is 306 g/mol. The molecule has 0 atom stereocenters. The van der Waals surface area contributed by atoms with Gasteiger partial charge in [-0.1, -0.05) is 35.9 Å². The molecule has 0 N–H and O–H groups in total. The van der Waals surface area contributed by atoms with Gasteiger partial charge in [-0.3, -0.25) is 4.79 Å². The average molecular weight is 321 g/mol. The van der Waals surface area contributed by atoms with E-state index in [9.17, 15) is 9.59 Å². The average Bonchev–Trinajstić information content (AvgIpc) is 2.90. The van der Waals surface area contributed by atoms with Crippen molar-refractivity contribution >= 4 is 23.9 Å². The third-order valence-corrected chi connectivity index (χ3v) is 3.35. The van der Waals surface area contributed by atoms with E-state index in [-0.39, 0.29) is 11.6 Å². The van der Waals surface area contributed by atoms with Gasteiger partial charge in [0.1, 0.15) is 5.75 Å². The van der Waals surface area contributed by atoms with E-state index in [2.05, 4.69) is 4.99 Å². The molecule has 0 amide bonds. The van der Waals surface area contributed by atoms with Crippen LogP contribution in [0.3, 0.4) is 0 Å². The van der Waals surface area contributed by atoms with Crippen LogP contribution in [0.4, 0.5) is 0 Å². The summed E-state index contributed by atoms with van der Waals surface area (Å²) in [6.07, 6.45) is 1.55. The third kappa shape index (κ3) is 3.41. The maximum Gasteiger partial charge on any atom is 0.363 e. The largest absolute Gasteiger partial charge is 0.426 e. The van der Waals surface area contributed by atoms with Crippen molar-refractivity contribution in [3.05, 3.63) is 70.9 Å². The molecule has 0 spiro atoms. The van der Waals surface area contributed by atoms with E-state index in [0.29, 0.717) is 11.3 Å². The number of hydrogen-bond donors (Lipinski definition) is 0. The zero-order valence-electron chi connectivity index (χ0n) is 13.3. The molecule has 2 aromatic carbocycles. The molecule has 0 aliphatic carbocycles. The fourth-order valence-corrected chi connectivity index (χ4v) is 2.31. The smallest absolute Gasteiger partial charge is 0.363 e. The van der Waals surface area contributed by atoms with Crippen molar-refractivity contribution < 1.29 is 19.1 Å². The third-order valence-electron chi connectivity index (χ3n) is 3.35. The lowest BCUT2D eigenvalue weighted by Crippen LogP contribution is -2.05. The van der Waals surface area contributed by atoms with Gasteiger partial charge in [0.25, 0.3) is 0 Å². The molecule has 0 bridgehead atoms. The second kappa shape index (κ2) is 6.50. The van der Waals surface area contributed by atoms with Crippen LogP contribution in [0.5, 0.6) is 5.75 Å². The fraction of sp³-hybridized carbons (Fsp3) is 0.105. The SMILES string of the molecule is CC(=O)Oc1ccccc1C=C1N=C(c2cccc(C)c2)OC1=O. The number of esters is 2. The summed E-state index contributed by atoms with van der Waals surface area (Å²) >= 11 is 0. The fourth-order valence-electron chi connectivity index (χ4n) is 2.31. The van der Waals surface area contributed by atoms with Gasteiger partial charge in [-0.25, -0.2) is 9.79 Å². The van der Waals surface area contributed by atoms with Crippen molar-refractivity contribution in [1.29, 1.82) is 0 Å². The Bertz CT molecular complexity index is 880. The number of aliphatic imine (C=N–C) groups is 1. The minimum Gasteiger partial charge on any atom is -0.426 e. The molecule has 120 valence electrons. The Hall–Kier alpha value is -3.21. The summed E-state index contributed by atoms with van der Waals surface area (Å²) < 4.78 is 10.4. The minimum atomic E-state index is -0.538. The summed E-state index contributed by atoms with van der Waals surface area (Å²) in [6.45, 7) is 3.27. The molecule has 5 heteroatoms. The highest BCUT2D eigenvalue weighted by atomic mass is 16.6. The first-order valence-electron chi connectivity index (χ1n) is 7.40.